The molecule has 0 atom stereocenters. The average molecular weight is 208 g/mol. The van der Waals surface area contributed by atoms with Crippen molar-refractivity contribution in [2.75, 3.05) is 0 Å². The Labute approximate surface area is 84.3 Å². The highest BCUT2D eigenvalue weighted by molar-refractivity contribution is 6.31. The summed E-state index contributed by atoms with van der Waals surface area (Å²) in [5, 5.41) is 1.34. The van der Waals surface area contributed by atoms with E-state index in [0.717, 1.165) is 5.39 Å². The van der Waals surface area contributed by atoms with Crippen LogP contribution in [0, 0.1) is 0 Å². The first-order valence-electron chi connectivity index (χ1n) is 3.98. The molecule has 14 heavy (non-hydrogen) atoms. The topological polar surface area (TPSA) is 49.9 Å². The van der Waals surface area contributed by atoms with Gasteiger partial charge in [-0.25, -0.2) is 0 Å². The molecule has 2 rings (SSSR count). The third-order valence-electron chi connectivity index (χ3n) is 1.96. The number of aldehydes is 1. The molecule has 0 unspecified atom stereocenters. The van der Waals surface area contributed by atoms with E-state index in [0.29, 0.717) is 16.8 Å². The molecule has 1 heterocycles. The maximum atomic E-state index is 11.2. The van der Waals surface area contributed by atoms with Crippen molar-refractivity contribution < 1.29 is 4.79 Å². The molecule has 0 saturated carbocycles. The van der Waals surface area contributed by atoms with Crippen molar-refractivity contribution in [2.45, 2.75) is 0 Å². The van der Waals surface area contributed by atoms with Gasteiger partial charge in [0.15, 0.2) is 6.29 Å². The predicted octanol–water partition coefficient (Wildman–Crippen LogP) is 1.99. The Kier molecular flexibility index (Phi) is 2.09. The molecule has 0 spiro atoms. The average Bonchev–Trinajstić information content (AvgIpc) is 2.16. The number of aromatic amines is 1. The van der Waals surface area contributed by atoms with E-state index in [4.69, 9.17) is 11.6 Å². The summed E-state index contributed by atoms with van der Waals surface area (Å²) < 4.78 is 0. The monoisotopic (exact) mass is 207 g/mol. The zero-order chi connectivity index (χ0) is 10.1. The van der Waals surface area contributed by atoms with Crippen LogP contribution in [0.25, 0.3) is 10.9 Å². The lowest BCUT2D eigenvalue weighted by Gasteiger charge is -1.98. The molecule has 2 aromatic rings. The van der Waals surface area contributed by atoms with Gasteiger partial charge in [-0.3, -0.25) is 9.59 Å². The number of hydrogen-bond donors (Lipinski definition) is 1. The summed E-state index contributed by atoms with van der Waals surface area (Å²) >= 11 is 5.75. The molecule has 0 fully saturated rings. The second kappa shape index (κ2) is 3.27. The summed E-state index contributed by atoms with van der Waals surface area (Å²) in [4.78, 5) is 24.3. The van der Waals surface area contributed by atoms with Gasteiger partial charge in [-0.05, 0) is 23.6 Å². The highest BCUT2D eigenvalue weighted by Gasteiger charge is 2.01. The molecular formula is C10H6ClNO2. The van der Waals surface area contributed by atoms with Crippen LogP contribution < -0.4 is 5.56 Å². The molecule has 0 aliphatic rings. The second-order valence-electron chi connectivity index (χ2n) is 2.90. The van der Waals surface area contributed by atoms with Crippen molar-refractivity contribution in [3.8, 4) is 0 Å². The standard InChI is InChI=1S/C10H6ClNO2/c11-8-2-1-6-3-7(5-13)10(14)12-9(6)4-8/h1-5H,(H,12,14). The molecule has 0 radical (unpaired) electrons. The Morgan fingerprint density at radius 3 is 2.79 bits per heavy atom. The van der Waals surface area contributed by atoms with E-state index in [-0.39, 0.29) is 5.56 Å². The number of carbonyl (C=O) groups is 1. The number of carbonyl (C=O) groups excluding carboxylic acids is 1. The van der Waals surface area contributed by atoms with E-state index in [1.807, 2.05) is 0 Å². The minimum atomic E-state index is -0.394. The number of fused-ring (bicyclic) bond motifs is 1. The van der Waals surface area contributed by atoms with E-state index < -0.39 is 5.56 Å². The van der Waals surface area contributed by atoms with Crippen molar-refractivity contribution in [1.29, 1.82) is 0 Å². The smallest absolute Gasteiger partial charge is 0.259 e. The largest absolute Gasteiger partial charge is 0.321 e. The first kappa shape index (κ1) is 8.97. The van der Waals surface area contributed by atoms with Crippen LogP contribution >= 0.6 is 11.6 Å². The molecule has 3 nitrogen and oxygen atoms in total. The van der Waals surface area contributed by atoms with Gasteiger partial charge in [-0.2, -0.15) is 0 Å². The van der Waals surface area contributed by atoms with Gasteiger partial charge in [0.2, 0.25) is 0 Å². The lowest BCUT2D eigenvalue weighted by atomic mass is 10.2. The zero-order valence-electron chi connectivity index (χ0n) is 7.08. The normalized spacial score (nSPS) is 10.4. The Balaban J connectivity index is 2.86. The summed E-state index contributed by atoms with van der Waals surface area (Å²) in [6, 6.07) is 6.64. The summed E-state index contributed by atoms with van der Waals surface area (Å²) in [6.07, 6.45) is 0.535. The summed E-state index contributed by atoms with van der Waals surface area (Å²) in [5.74, 6) is 0. The summed E-state index contributed by atoms with van der Waals surface area (Å²) in [5.41, 5.74) is 0.364. The van der Waals surface area contributed by atoms with Crippen LogP contribution in [0.2, 0.25) is 5.02 Å². The highest BCUT2D eigenvalue weighted by atomic mass is 35.5. The van der Waals surface area contributed by atoms with Crippen molar-refractivity contribution in [2.24, 2.45) is 0 Å². The quantitative estimate of drug-likeness (QED) is 0.727. The molecule has 1 aromatic carbocycles. The van der Waals surface area contributed by atoms with E-state index in [1.165, 1.54) is 6.07 Å². The molecule has 0 aliphatic heterocycles. The molecule has 1 aromatic heterocycles. The van der Waals surface area contributed by atoms with Gasteiger partial charge in [0, 0.05) is 10.5 Å². The highest BCUT2D eigenvalue weighted by Crippen LogP contribution is 2.16. The molecular weight excluding hydrogens is 202 g/mol. The van der Waals surface area contributed by atoms with Crippen LogP contribution in [0.1, 0.15) is 10.4 Å². The molecule has 4 heteroatoms. The van der Waals surface area contributed by atoms with Crippen molar-refractivity contribution in [3.63, 3.8) is 0 Å². The molecule has 0 bridgehead atoms. The van der Waals surface area contributed by atoms with Gasteiger partial charge in [0.05, 0.1) is 5.56 Å². The van der Waals surface area contributed by atoms with Gasteiger partial charge in [-0.15, -0.1) is 0 Å². The number of pyridine rings is 1. The third-order valence-corrected chi connectivity index (χ3v) is 2.20. The molecule has 70 valence electrons. The minimum absolute atomic E-state index is 0.125. The fraction of sp³-hybridized carbons (Fsp3) is 0. The minimum Gasteiger partial charge on any atom is -0.321 e. The summed E-state index contributed by atoms with van der Waals surface area (Å²) in [7, 11) is 0. The van der Waals surface area contributed by atoms with E-state index in [9.17, 15) is 9.59 Å². The Bertz CT molecular complexity index is 560. The van der Waals surface area contributed by atoms with Gasteiger partial charge in [0.1, 0.15) is 0 Å². The lowest BCUT2D eigenvalue weighted by molar-refractivity contribution is 0.112. The molecule has 0 amide bonds. The molecule has 0 saturated heterocycles. The number of hydrogen-bond acceptors (Lipinski definition) is 2. The first-order valence-corrected chi connectivity index (χ1v) is 4.36. The number of nitrogens with one attached hydrogen (secondary N) is 1. The zero-order valence-corrected chi connectivity index (χ0v) is 7.84. The number of rotatable bonds is 1. The van der Waals surface area contributed by atoms with Gasteiger partial charge < -0.3 is 4.98 Å². The van der Waals surface area contributed by atoms with Crippen LogP contribution in [0.4, 0.5) is 0 Å². The van der Waals surface area contributed by atoms with Crippen LogP contribution in [0.5, 0.6) is 0 Å². The van der Waals surface area contributed by atoms with Crippen LogP contribution in [-0.2, 0) is 0 Å². The number of aromatic nitrogens is 1. The molecule has 1 N–H and O–H groups in total. The fourth-order valence-corrected chi connectivity index (χ4v) is 1.45. The van der Waals surface area contributed by atoms with E-state index >= 15 is 0 Å². The Hall–Kier alpha value is -1.61. The summed E-state index contributed by atoms with van der Waals surface area (Å²) in [6.45, 7) is 0. The van der Waals surface area contributed by atoms with Gasteiger partial charge >= 0.3 is 0 Å². The molecule has 0 aliphatic carbocycles. The van der Waals surface area contributed by atoms with Crippen molar-refractivity contribution in [1.82, 2.24) is 4.98 Å². The lowest BCUT2D eigenvalue weighted by Crippen LogP contribution is -2.11. The number of benzene rings is 1. The van der Waals surface area contributed by atoms with Crippen LogP contribution in [-0.4, -0.2) is 11.3 Å². The maximum absolute atomic E-state index is 11.2. The van der Waals surface area contributed by atoms with Gasteiger partial charge in [0.25, 0.3) is 5.56 Å². The van der Waals surface area contributed by atoms with Crippen LogP contribution in [0.15, 0.2) is 29.1 Å². The van der Waals surface area contributed by atoms with Gasteiger partial charge in [-0.1, -0.05) is 17.7 Å². The maximum Gasteiger partial charge on any atom is 0.259 e. The van der Waals surface area contributed by atoms with Crippen LogP contribution in [0.3, 0.4) is 0 Å². The Morgan fingerprint density at radius 2 is 2.07 bits per heavy atom. The predicted molar refractivity (Wildman–Crippen MR) is 55.0 cm³/mol. The third kappa shape index (κ3) is 1.42. The fourth-order valence-electron chi connectivity index (χ4n) is 1.28. The SMILES string of the molecule is O=Cc1cc2ccc(Cl)cc2[nH]c1=O. The van der Waals surface area contributed by atoms with E-state index in [2.05, 4.69) is 4.98 Å². The second-order valence-corrected chi connectivity index (χ2v) is 3.34. The van der Waals surface area contributed by atoms with Crippen molar-refractivity contribution >= 4 is 28.8 Å². The first-order chi connectivity index (χ1) is 6.70. The van der Waals surface area contributed by atoms with E-state index in [1.54, 1.807) is 18.2 Å². The number of H-pyrrole nitrogens is 1. The Morgan fingerprint density at radius 1 is 1.29 bits per heavy atom. The number of halogens is 1. The van der Waals surface area contributed by atoms with Crippen molar-refractivity contribution in [3.05, 3.63) is 45.2 Å².